The summed E-state index contributed by atoms with van der Waals surface area (Å²) in [5.74, 6) is 1.21. The summed E-state index contributed by atoms with van der Waals surface area (Å²) in [6.45, 7) is 1.98. The Morgan fingerprint density at radius 1 is 0.968 bits per heavy atom. The molecule has 1 amide bonds. The Balaban J connectivity index is 1.35. The summed E-state index contributed by atoms with van der Waals surface area (Å²) in [4.78, 5) is 25.1. The monoisotopic (exact) mass is 419 g/mol. The molecule has 0 spiro atoms. The van der Waals surface area contributed by atoms with Crippen molar-refractivity contribution in [3.8, 4) is 23.0 Å². The summed E-state index contributed by atoms with van der Waals surface area (Å²) in [5, 5.41) is 2.76. The van der Waals surface area contributed by atoms with E-state index in [1.807, 2.05) is 24.3 Å². The molecule has 0 fully saturated rings. The number of hydrogen-bond acceptors (Lipinski definition) is 6. The molecule has 7 heteroatoms. The van der Waals surface area contributed by atoms with Crippen LogP contribution in [0.5, 0.6) is 23.0 Å². The molecule has 0 saturated carbocycles. The Kier molecular flexibility index (Phi) is 6.03. The van der Waals surface area contributed by atoms with Gasteiger partial charge in [-0.2, -0.15) is 0 Å². The minimum absolute atomic E-state index is 0.188. The fourth-order valence-corrected chi connectivity index (χ4v) is 3.00. The van der Waals surface area contributed by atoms with E-state index in [0.717, 1.165) is 5.56 Å². The first-order chi connectivity index (χ1) is 15.1. The maximum atomic E-state index is 12.7. The summed E-state index contributed by atoms with van der Waals surface area (Å²) in [5.41, 5.74) is 1.08. The third kappa shape index (κ3) is 4.95. The zero-order valence-electron chi connectivity index (χ0n) is 16.9. The van der Waals surface area contributed by atoms with Gasteiger partial charge in [-0.3, -0.25) is 4.79 Å². The average molecular weight is 419 g/mol. The van der Waals surface area contributed by atoms with Crippen molar-refractivity contribution in [3.63, 3.8) is 0 Å². The second-order valence-electron chi connectivity index (χ2n) is 6.86. The third-order valence-electron chi connectivity index (χ3n) is 4.63. The van der Waals surface area contributed by atoms with Crippen molar-refractivity contribution >= 4 is 11.9 Å². The molecule has 1 atom stereocenters. The van der Waals surface area contributed by atoms with Crippen LogP contribution in [0.1, 0.15) is 22.8 Å². The predicted octanol–water partition coefficient (Wildman–Crippen LogP) is 4.07. The van der Waals surface area contributed by atoms with E-state index < -0.39 is 18.0 Å². The molecule has 0 bridgehead atoms. The first kappa shape index (κ1) is 20.3. The van der Waals surface area contributed by atoms with Gasteiger partial charge in [0.1, 0.15) is 17.1 Å². The van der Waals surface area contributed by atoms with Gasteiger partial charge in [-0.05, 0) is 48.9 Å². The van der Waals surface area contributed by atoms with E-state index in [-0.39, 0.29) is 18.9 Å². The van der Waals surface area contributed by atoms with Crippen LogP contribution < -0.4 is 19.5 Å². The maximum absolute atomic E-state index is 12.7. The van der Waals surface area contributed by atoms with Crippen molar-refractivity contribution in [3.05, 3.63) is 83.9 Å². The number of carbonyl (C=O) groups excluding carboxylic acids is 2. The number of ether oxygens (including phenoxy) is 4. The molecule has 158 valence electrons. The van der Waals surface area contributed by atoms with Gasteiger partial charge in [0, 0.05) is 6.54 Å². The summed E-state index contributed by atoms with van der Waals surface area (Å²) in [7, 11) is 0. The van der Waals surface area contributed by atoms with Crippen LogP contribution in [-0.2, 0) is 16.1 Å². The highest BCUT2D eigenvalue weighted by Crippen LogP contribution is 2.32. The molecule has 0 unspecified atom stereocenters. The second kappa shape index (κ2) is 9.21. The third-order valence-corrected chi connectivity index (χ3v) is 4.63. The van der Waals surface area contributed by atoms with Gasteiger partial charge >= 0.3 is 5.97 Å². The van der Waals surface area contributed by atoms with Gasteiger partial charge in [-0.25, -0.2) is 4.79 Å². The highest BCUT2D eigenvalue weighted by molar-refractivity contribution is 5.94. The van der Waals surface area contributed by atoms with E-state index in [1.54, 1.807) is 48.5 Å². The summed E-state index contributed by atoms with van der Waals surface area (Å²) >= 11 is 0. The molecule has 3 aromatic rings. The molecule has 1 aliphatic heterocycles. The van der Waals surface area contributed by atoms with Crippen molar-refractivity contribution in [1.82, 2.24) is 5.32 Å². The molecular formula is C24H21NO6. The first-order valence-electron chi connectivity index (χ1n) is 9.79. The highest BCUT2D eigenvalue weighted by Gasteiger charge is 2.22. The second-order valence-corrected chi connectivity index (χ2v) is 6.86. The molecular weight excluding hydrogens is 398 g/mol. The Hall–Kier alpha value is -4.00. The van der Waals surface area contributed by atoms with Crippen molar-refractivity contribution in [2.75, 3.05) is 6.79 Å². The normalized spacial score (nSPS) is 12.7. The standard InChI is InChI=1S/C24H21NO6/c1-16(23(26)25-14-17-11-12-21-22(13-17)29-15-28-21)30-24(27)19-9-5-6-10-20(19)31-18-7-3-2-4-8-18/h2-13,16H,14-15H2,1H3,(H,25,26)/t16-/m1/s1. The van der Waals surface area contributed by atoms with Crippen molar-refractivity contribution in [2.45, 2.75) is 19.6 Å². The van der Waals surface area contributed by atoms with Gasteiger partial charge in [0.05, 0.1) is 0 Å². The number of benzene rings is 3. The van der Waals surface area contributed by atoms with Crippen molar-refractivity contribution < 1.29 is 28.5 Å². The SMILES string of the molecule is C[C@@H](OC(=O)c1ccccc1Oc1ccccc1)C(=O)NCc1ccc2c(c1)OCO2. The van der Waals surface area contributed by atoms with Gasteiger partial charge < -0.3 is 24.3 Å². The number of nitrogens with one attached hydrogen (secondary N) is 1. The van der Waals surface area contributed by atoms with Crippen LogP contribution in [0.4, 0.5) is 0 Å². The van der Waals surface area contributed by atoms with Gasteiger partial charge in [0.15, 0.2) is 17.6 Å². The lowest BCUT2D eigenvalue weighted by Crippen LogP contribution is -2.35. The zero-order valence-corrected chi connectivity index (χ0v) is 16.9. The lowest BCUT2D eigenvalue weighted by molar-refractivity contribution is -0.129. The number of rotatable bonds is 7. The lowest BCUT2D eigenvalue weighted by Gasteiger charge is -2.15. The van der Waals surface area contributed by atoms with Crippen molar-refractivity contribution in [1.29, 1.82) is 0 Å². The number of hydrogen-bond donors (Lipinski definition) is 1. The lowest BCUT2D eigenvalue weighted by atomic mass is 10.2. The topological polar surface area (TPSA) is 83.1 Å². The quantitative estimate of drug-likeness (QED) is 0.582. The summed E-state index contributed by atoms with van der Waals surface area (Å²) in [6.07, 6.45) is -0.980. The van der Waals surface area contributed by atoms with Crippen LogP contribution in [0.3, 0.4) is 0 Å². The molecule has 4 rings (SSSR count). The van der Waals surface area contributed by atoms with Crippen LogP contribution in [0, 0.1) is 0 Å². The first-order valence-corrected chi connectivity index (χ1v) is 9.79. The van der Waals surface area contributed by atoms with E-state index in [9.17, 15) is 9.59 Å². The fraction of sp³-hybridized carbons (Fsp3) is 0.167. The molecule has 1 aliphatic rings. The van der Waals surface area contributed by atoms with Crippen LogP contribution in [-0.4, -0.2) is 24.8 Å². The molecule has 0 aromatic heterocycles. The van der Waals surface area contributed by atoms with Crippen LogP contribution in [0.25, 0.3) is 0 Å². The molecule has 0 radical (unpaired) electrons. The van der Waals surface area contributed by atoms with Gasteiger partial charge in [-0.15, -0.1) is 0 Å². The number of carbonyl (C=O) groups is 2. The molecule has 1 N–H and O–H groups in total. The molecule has 1 heterocycles. The molecule has 31 heavy (non-hydrogen) atoms. The fourth-order valence-electron chi connectivity index (χ4n) is 3.00. The van der Waals surface area contributed by atoms with E-state index in [0.29, 0.717) is 23.0 Å². The smallest absolute Gasteiger partial charge is 0.342 e. The summed E-state index contributed by atoms with van der Waals surface area (Å²) < 4.78 is 21.8. The molecule has 0 aliphatic carbocycles. The number of fused-ring (bicyclic) bond motifs is 1. The Labute approximate surface area is 179 Å². The predicted molar refractivity (Wildman–Crippen MR) is 112 cm³/mol. The van der Waals surface area contributed by atoms with Crippen LogP contribution >= 0.6 is 0 Å². The number of para-hydroxylation sites is 2. The maximum Gasteiger partial charge on any atom is 0.342 e. The number of esters is 1. The van der Waals surface area contributed by atoms with E-state index in [1.165, 1.54) is 6.92 Å². The van der Waals surface area contributed by atoms with E-state index in [2.05, 4.69) is 5.32 Å². The van der Waals surface area contributed by atoms with Crippen molar-refractivity contribution in [2.24, 2.45) is 0 Å². The average Bonchev–Trinajstić information content (AvgIpc) is 3.26. The molecule has 7 nitrogen and oxygen atoms in total. The highest BCUT2D eigenvalue weighted by atomic mass is 16.7. The van der Waals surface area contributed by atoms with Gasteiger partial charge in [0.25, 0.3) is 5.91 Å². The Morgan fingerprint density at radius 3 is 2.55 bits per heavy atom. The van der Waals surface area contributed by atoms with E-state index >= 15 is 0 Å². The molecule has 0 saturated heterocycles. The largest absolute Gasteiger partial charge is 0.456 e. The molecule has 3 aromatic carbocycles. The Bertz CT molecular complexity index is 1080. The van der Waals surface area contributed by atoms with Gasteiger partial charge in [0.2, 0.25) is 6.79 Å². The number of amides is 1. The summed E-state index contributed by atoms with van der Waals surface area (Å²) in [6, 6.07) is 21.3. The Morgan fingerprint density at radius 2 is 1.71 bits per heavy atom. The minimum atomic E-state index is -0.980. The van der Waals surface area contributed by atoms with Crippen LogP contribution in [0.15, 0.2) is 72.8 Å². The minimum Gasteiger partial charge on any atom is -0.456 e. The van der Waals surface area contributed by atoms with E-state index in [4.69, 9.17) is 18.9 Å². The zero-order chi connectivity index (χ0) is 21.6. The van der Waals surface area contributed by atoms with Crippen LogP contribution in [0.2, 0.25) is 0 Å². The van der Waals surface area contributed by atoms with Gasteiger partial charge in [-0.1, -0.05) is 36.4 Å².